The number of aromatic nitrogens is 3. The van der Waals surface area contributed by atoms with Crippen LogP contribution in [0.5, 0.6) is 0 Å². The van der Waals surface area contributed by atoms with E-state index in [-0.39, 0.29) is 0 Å². The minimum absolute atomic E-state index is 0.909. The molecule has 2 heterocycles. The molecule has 0 aliphatic heterocycles. The highest BCUT2D eigenvalue weighted by Crippen LogP contribution is 2.27. The van der Waals surface area contributed by atoms with Crippen molar-refractivity contribution >= 4 is 11.3 Å². The van der Waals surface area contributed by atoms with Gasteiger partial charge in [0, 0.05) is 17.6 Å². The monoisotopic (exact) mass is 276 g/mol. The van der Waals surface area contributed by atoms with E-state index in [1.807, 2.05) is 6.07 Å². The van der Waals surface area contributed by atoms with Crippen LogP contribution in [0, 0.1) is 0 Å². The molecule has 0 saturated carbocycles. The molecule has 5 heteroatoms. The van der Waals surface area contributed by atoms with Gasteiger partial charge in [-0.2, -0.15) is 0 Å². The number of hydrogen-bond donors (Lipinski definition) is 1. The van der Waals surface area contributed by atoms with Gasteiger partial charge < -0.3 is 5.32 Å². The molecule has 0 aliphatic carbocycles. The molecule has 0 spiro atoms. The lowest BCUT2D eigenvalue weighted by Crippen LogP contribution is -2.13. The largest absolute Gasteiger partial charge is 0.312 e. The minimum atomic E-state index is 0.909. The van der Waals surface area contributed by atoms with Crippen molar-refractivity contribution in [2.24, 2.45) is 0 Å². The molecule has 1 N–H and O–H groups in total. The van der Waals surface area contributed by atoms with E-state index in [2.05, 4.69) is 29.1 Å². The average molecular weight is 276 g/mol. The highest BCUT2D eigenvalue weighted by atomic mass is 32.1. The van der Waals surface area contributed by atoms with Crippen LogP contribution in [0.15, 0.2) is 18.6 Å². The predicted octanol–water partition coefficient (Wildman–Crippen LogP) is 3.05. The first-order valence-corrected chi connectivity index (χ1v) is 7.62. The number of hydrogen-bond acceptors (Lipinski definition) is 5. The van der Waals surface area contributed by atoms with E-state index >= 15 is 0 Å². The molecule has 2 aromatic rings. The molecule has 2 aromatic heterocycles. The lowest BCUT2D eigenvalue weighted by Gasteiger charge is -2.02. The zero-order valence-electron chi connectivity index (χ0n) is 11.5. The smallest absolute Gasteiger partial charge is 0.142 e. The number of nitrogens with zero attached hydrogens (tertiary/aromatic N) is 3. The summed E-state index contributed by atoms with van der Waals surface area (Å²) < 4.78 is 0. The van der Waals surface area contributed by atoms with Crippen molar-refractivity contribution in [2.45, 2.75) is 39.7 Å². The standard InChI is InChI=1S/C14H20N4S/c1-3-5-11-13(9-15-7-4-2)19-14(18-11)12-6-8-16-10-17-12/h6,8,10,15H,3-5,7,9H2,1-2H3. The third-order valence-electron chi connectivity index (χ3n) is 2.78. The molecule has 0 amide bonds. The first-order valence-electron chi connectivity index (χ1n) is 6.80. The summed E-state index contributed by atoms with van der Waals surface area (Å²) in [5.74, 6) is 0. The molecule has 19 heavy (non-hydrogen) atoms. The van der Waals surface area contributed by atoms with E-state index in [0.717, 1.165) is 43.1 Å². The molecule has 102 valence electrons. The maximum atomic E-state index is 4.74. The van der Waals surface area contributed by atoms with Crippen LogP contribution in [0.25, 0.3) is 10.7 Å². The highest BCUT2D eigenvalue weighted by molar-refractivity contribution is 7.15. The third-order valence-corrected chi connectivity index (χ3v) is 3.90. The van der Waals surface area contributed by atoms with Gasteiger partial charge in [0.25, 0.3) is 0 Å². The normalized spacial score (nSPS) is 10.8. The Bertz CT molecular complexity index is 495. The Morgan fingerprint density at radius 3 is 2.84 bits per heavy atom. The van der Waals surface area contributed by atoms with Gasteiger partial charge >= 0.3 is 0 Å². The first kappa shape index (κ1) is 14.1. The summed E-state index contributed by atoms with van der Waals surface area (Å²) in [6.07, 6.45) is 6.64. The number of aryl methyl sites for hydroxylation is 1. The van der Waals surface area contributed by atoms with Crippen LogP contribution >= 0.6 is 11.3 Å². The summed E-state index contributed by atoms with van der Waals surface area (Å²) in [4.78, 5) is 14.3. The van der Waals surface area contributed by atoms with Crippen molar-refractivity contribution < 1.29 is 0 Å². The van der Waals surface area contributed by atoms with Gasteiger partial charge in [0.15, 0.2) is 0 Å². The first-order chi connectivity index (χ1) is 9.35. The fourth-order valence-electron chi connectivity index (χ4n) is 1.86. The number of rotatable bonds is 7. The van der Waals surface area contributed by atoms with Crippen LogP contribution in [-0.4, -0.2) is 21.5 Å². The van der Waals surface area contributed by atoms with Crippen molar-refractivity contribution in [2.75, 3.05) is 6.54 Å². The highest BCUT2D eigenvalue weighted by Gasteiger charge is 2.12. The van der Waals surface area contributed by atoms with Gasteiger partial charge in [0.1, 0.15) is 17.0 Å². The molecule has 4 nitrogen and oxygen atoms in total. The summed E-state index contributed by atoms with van der Waals surface area (Å²) in [5.41, 5.74) is 2.13. The summed E-state index contributed by atoms with van der Waals surface area (Å²) in [6, 6.07) is 1.91. The second-order valence-corrected chi connectivity index (χ2v) is 5.49. The maximum Gasteiger partial charge on any atom is 0.142 e. The second-order valence-electron chi connectivity index (χ2n) is 4.41. The Morgan fingerprint density at radius 1 is 1.26 bits per heavy atom. The van der Waals surface area contributed by atoms with E-state index in [9.17, 15) is 0 Å². The Hall–Kier alpha value is -1.33. The lowest BCUT2D eigenvalue weighted by molar-refractivity contribution is 0.674. The second kappa shape index (κ2) is 7.31. The summed E-state index contributed by atoms with van der Waals surface area (Å²) in [5, 5.41) is 4.45. The molecule has 0 unspecified atom stereocenters. The third kappa shape index (κ3) is 3.81. The van der Waals surface area contributed by atoms with Crippen molar-refractivity contribution in [3.63, 3.8) is 0 Å². The van der Waals surface area contributed by atoms with E-state index < -0.39 is 0 Å². The van der Waals surface area contributed by atoms with E-state index in [1.54, 1.807) is 23.9 Å². The fraction of sp³-hybridized carbons (Fsp3) is 0.500. The van der Waals surface area contributed by atoms with Crippen LogP contribution in [0.1, 0.15) is 37.3 Å². The van der Waals surface area contributed by atoms with Gasteiger partial charge in [-0.25, -0.2) is 15.0 Å². The molecular formula is C14H20N4S. The van der Waals surface area contributed by atoms with Crippen LogP contribution in [0.3, 0.4) is 0 Å². The molecule has 0 bridgehead atoms. The summed E-state index contributed by atoms with van der Waals surface area (Å²) >= 11 is 1.74. The van der Waals surface area contributed by atoms with Gasteiger partial charge in [0.05, 0.1) is 5.69 Å². The maximum absolute atomic E-state index is 4.74. The van der Waals surface area contributed by atoms with Crippen molar-refractivity contribution in [3.05, 3.63) is 29.2 Å². The molecule has 0 aliphatic rings. The Morgan fingerprint density at radius 2 is 2.16 bits per heavy atom. The van der Waals surface area contributed by atoms with Gasteiger partial charge in [0.2, 0.25) is 0 Å². The van der Waals surface area contributed by atoms with Crippen molar-refractivity contribution in [3.8, 4) is 10.7 Å². The summed E-state index contributed by atoms with van der Waals surface area (Å²) in [6.45, 7) is 6.32. The van der Waals surface area contributed by atoms with Crippen LogP contribution < -0.4 is 5.32 Å². The van der Waals surface area contributed by atoms with Gasteiger partial charge in [-0.3, -0.25) is 0 Å². The molecule has 2 rings (SSSR count). The zero-order chi connectivity index (χ0) is 13.5. The van der Waals surface area contributed by atoms with Gasteiger partial charge in [-0.1, -0.05) is 20.3 Å². The quantitative estimate of drug-likeness (QED) is 0.790. The summed E-state index contributed by atoms with van der Waals surface area (Å²) in [7, 11) is 0. The molecule has 0 radical (unpaired) electrons. The molecular weight excluding hydrogens is 256 g/mol. The van der Waals surface area contributed by atoms with Crippen LogP contribution in [-0.2, 0) is 13.0 Å². The molecule has 0 fully saturated rings. The Labute approximate surface area is 118 Å². The van der Waals surface area contributed by atoms with Crippen LogP contribution in [0.4, 0.5) is 0 Å². The Balaban J connectivity index is 2.19. The fourth-order valence-corrected chi connectivity index (χ4v) is 2.91. The molecule has 0 aromatic carbocycles. The van der Waals surface area contributed by atoms with Crippen molar-refractivity contribution in [1.29, 1.82) is 0 Å². The van der Waals surface area contributed by atoms with Gasteiger partial charge in [-0.15, -0.1) is 11.3 Å². The topological polar surface area (TPSA) is 50.7 Å². The van der Waals surface area contributed by atoms with E-state index in [0.29, 0.717) is 0 Å². The van der Waals surface area contributed by atoms with Crippen LogP contribution in [0.2, 0.25) is 0 Å². The van der Waals surface area contributed by atoms with E-state index in [1.165, 1.54) is 10.6 Å². The average Bonchev–Trinajstić information content (AvgIpc) is 2.84. The zero-order valence-corrected chi connectivity index (χ0v) is 12.3. The van der Waals surface area contributed by atoms with E-state index in [4.69, 9.17) is 4.98 Å². The number of nitrogens with one attached hydrogen (secondary N) is 1. The SMILES string of the molecule is CCCNCc1sc(-c2ccncn2)nc1CCC. The molecule has 0 atom stereocenters. The lowest BCUT2D eigenvalue weighted by atomic mass is 10.2. The molecule has 0 saturated heterocycles. The van der Waals surface area contributed by atoms with Gasteiger partial charge in [-0.05, 0) is 25.5 Å². The minimum Gasteiger partial charge on any atom is -0.312 e. The Kier molecular flexibility index (Phi) is 5.42. The van der Waals surface area contributed by atoms with Crippen molar-refractivity contribution in [1.82, 2.24) is 20.3 Å². The number of thiazole rings is 1. The predicted molar refractivity (Wildman–Crippen MR) is 79.1 cm³/mol.